The maximum Gasteiger partial charge on any atom is 0.411 e. The lowest BCUT2D eigenvalue weighted by Crippen LogP contribution is -2.33. The zero-order valence-corrected chi connectivity index (χ0v) is 14.8. The van der Waals surface area contributed by atoms with Crippen LogP contribution in [0.15, 0.2) is 28.7 Å². The van der Waals surface area contributed by atoms with E-state index >= 15 is 0 Å². The fraction of sp³-hybridized carbons (Fsp3) is 0.412. The highest BCUT2D eigenvalue weighted by Gasteiger charge is 2.48. The molecule has 8 heteroatoms. The number of halogens is 4. The van der Waals surface area contributed by atoms with Gasteiger partial charge in [-0.2, -0.15) is 23.5 Å². The van der Waals surface area contributed by atoms with Crippen LogP contribution in [0.4, 0.5) is 19.0 Å². The molecule has 0 saturated heterocycles. The van der Waals surface area contributed by atoms with Gasteiger partial charge in [-0.15, -0.1) is 0 Å². The minimum absolute atomic E-state index is 0.0189. The van der Waals surface area contributed by atoms with Gasteiger partial charge in [-0.1, -0.05) is 40.9 Å². The Balaban J connectivity index is 2.12. The van der Waals surface area contributed by atoms with Crippen molar-refractivity contribution < 1.29 is 13.2 Å². The summed E-state index contributed by atoms with van der Waals surface area (Å²) in [6, 6.07) is 6.97. The zero-order chi connectivity index (χ0) is 18.2. The maximum atomic E-state index is 13.7. The predicted molar refractivity (Wildman–Crippen MR) is 91.5 cm³/mol. The molecule has 1 aromatic carbocycles. The Morgan fingerprint density at radius 1 is 1.24 bits per heavy atom. The van der Waals surface area contributed by atoms with Gasteiger partial charge in [0, 0.05) is 10.0 Å². The van der Waals surface area contributed by atoms with Gasteiger partial charge in [0.15, 0.2) is 6.04 Å². The average molecular weight is 413 g/mol. The number of hydrogen-bond donors (Lipinski definition) is 1. The van der Waals surface area contributed by atoms with E-state index in [0.29, 0.717) is 18.4 Å². The van der Waals surface area contributed by atoms with E-state index in [1.54, 1.807) is 24.3 Å². The van der Waals surface area contributed by atoms with Crippen molar-refractivity contribution in [3.63, 3.8) is 0 Å². The van der Waals surface area contributed by atoms with E-state index in [1.165, 1.54) is 0 Å². The van der Waals surface area contributed by atoms with E-state index in [0.717, 1.165) is 22.0 Å². The Morgan fingerprint density at radius 3 is 2.36 bits per heavy atom. The summed E-state index contributed by atoms with van der Waals surface area (Å²) >= 11 is 3.30. The van der Waals surface area contributed by atoms with Gasteiger partial charge in [0.25, 0.3) is 0 Å². The molecule has 0 amide bonds. The van der Waals surface area contributed by atoms with Gasteiger partial charge in [-0.3, -0.25) is 0 Å². The number of aromatic nitrogens is 2. The fourth-order valence-corrected chi connectivity index (χ4v) is 3.72. The zero-order valence-electron chi connectivity index (χ0n) is 13.2. The molecule has 1 fully saturated rings. The molecule has 1 atom stereocenters. The van der Waals surface area contributed by atoms with E-state index in [1.807, 2.05) is 6.07 Å². The van der Waals surface area contributed by atoms with Crippen LogP contribution in [0.5, 0.6) is 0 Å². The van der Waals surface area contributed by atoms with Crippen molar-refractivity contribution in [2.24, 2.45) is 5.92 Å². The van der Waals surface area contributed by atoms with Crippen molar-refractivity contribution in [2.45, 2.75) is 37.9 Å². The first-order valence-corrected chi connectivity index (χ1v) is 8.73. The molecule has 132 valence electrons. The van der Waals surface area contributed by atoms with Crippen LogP contribution >= 0.6 is 15.9 Å². The van der Waals surface area contributed by atoms with Crippen LogP contribution in [-0.4, -0.2) is 16.0 Å². The lowest BCUT2D eigenvalue weighted by atomic mass is 9.97. The third kappa shape index (κ3) is 3.38. The lowest BCUT2D eigenvalue weighted by Gasteiger charge is -2.27. The molecule has 3 rings (SSSR count). The van der Waals surface area contributed by atoms with Crippen molar-refractivity contribution in [1.82, 2.24) is 9.78 Å². The average Bonchev–Trinajstić information content (AvgIpc) is 3.16. The largest absolute Gasteiger partial charge is 0.411 e. The van der Waals surface area contributed by atoms with Gasteiger partial charge in [-0.05, 0) is 30.9 Å². The molecule has 4 nitrogen and oxygen atoms in total. The molecule has 1 heterocycles. The highest BCUT2D eigenvalue weighted by molar-refractivity contribution is 9.10. The van der Waals surface area contributed by atoms with E-state index in [9.17, 15) is 18.4 Å². The molecular weight excluding hydrogens is 397 g/mol. The molecule has 0 aliphatic heterocycles. The predicted octanol–water partition coefficient (Wildman–Crippen LogP) is 5.06. The van der Waals surface area contributed by atoms with Crippen LogP contribution in [-0.2, 0) is 0 Å². The van der Waals surface area contributed by atoms with E-state index in [4.69, 9.17) is 5.73 Å². The Kier molecular flexibility index (Phi) is 4.78. The van der Waals surface area contributed by atoms with Crippen LogP contribution in [0.3, 0.4) is 0 Å². The Bertz CT molecular complexity index is 799. The highest BCUT2D eigenvalue weighted by Crippen LogP contribution is 2.45. The molecule has 2 N–H and O–H groups in total. The quantitative estimate of drug-likeness (QED) is 0.765. The van der Waals surface area contributed by atoms with Crippen molar-refractivity contribution in [3.05, 3.63) is 34.3 Å². The van der Waals surface area contributed by atoms with Crippen LogP contribution in [0.2, 0.25) is 0 Å². The SMILES string of the molecule is N#Cc1c(-c2ccc(Br)cc2)nn(C(C2CCCC2)C(F)(F)F)c1N. The van der Waals surface area contributed by atoms with Gasteiger partial charge in [0.05, 0.1) is 0 Å². The van der Waals surface area contributed by atoms with Gasteiger partial charge in [-0.25, -0.2) is 4.68 Å². The third-order valence-electron chi connectivity index (χ3n) is 4.62. The summed E-state index contributed by atoms with van der Waals surface area (Å²) in [4.78, 5) is 0. The standard InChI is InChI=1S/C17H16BrF3N4/c18-12-7-5-10(6-8-12)14-13(9-22)16(23)25(24-14)15(17(19,20)21)11-3-1-2-4-11/h5-8,11,15H,1-4,23H2. The normalized spacial score (nSPS) is 16.8. The first kappa shape index (κ1) is 17.8. The number of rotatable bonds is 3. The number of nitrogens with zero attached hydrogens (tertiary/aromatic N) is 3. The number of anilines is 1. The summed E-state index contributed by atoms with van der Waals surface area (Å²) in [5.41, 5.74) is 6.63. The van der Waals surface area contributed by atoms with Crippen molar-refractivity contribution in [2.75, 3.05) is 5.73 Å². The van der Waals surface area contributed by atoms with Gasteiger partial charge < -0.3 is 5.73 Å². The van der Waals surface area contributed by atoms with Gasteiger partial charge in [0.1, 0.15) is 23.1 Å². The lowest BCUT2D eigenvalue weighted by molar-refractivity contribution is -0.182. The van der Waals surface area contributed by atoms with Crippen LogP contribution < -0.4 is 5.73 Å². The summed E-state index contributed by atoms with van der Waals surface area (Å²) in [5.74, 6) is -0.791. The minimum atomic E-state index is -4.47. The monoisotopic (exact) mass is 412 g/mol. The topological polar surface area (TPSA) is 67.6 Å². The number of benzene rings is 1. The molecule has 1 aromatic heterocycles. The van der Waals surface area contributed by atoms with Crippen LogP contribution in [0.1, 0.15) is 37.3 Å². The number of hydrogen-bond acceptors (Lipinski definition) is 3. The number of alkyl halides is 3. The van der Waals surface area contributed by atoms with Crippen molar-refractivity contribution >= 4 is 21.7 Å². The highest BCUT2D eigenvalue weighted by atomic mass is 79.9. The second-order valence-electron chi connectivity index (χ2n) is 6.20. The molecule has 1 aliphatic rings. The van der Waals surface area contributed by atoms with E-state index in [-0.39, 0.29) is 17.1 Å². The molecule has 1 saturated carbocycles. The molecule has 0 bridgehead atoms. The van der Waals surface area contributed by atoms with E-state index < -0.39 is 18.1 Å². The van der Waals surface area contributed by atoms with Crippen LogP contribution in [0, 0.1) is 17.2 Å². The molecule has 0 spiro atoms. The molecular formula is C17H16BrF3N4. The summed E-state index contributed by atoms with van der Waals surface area (Å²) < 4.78 is 42.8. The van der Waals surface area contributed by atoms with Crippen molar-refractivity contribution in [3.8, 4) is 17.3 Å². The summed E-state index contributed by atoms with van der Waals surface area (Å²) in [6.45, 7) is 0. The van der Waals surface area contributed by atoms with Crippen molar-refractivity contribution in [1.29, 1.82) is 5.26 Å². The molecule has 0 radical (unpaired) electrons. The summed E-state index contributed by atoms with van der Waals surface area (Å²) in [5, 5.41) is 13.5. The minimum Gasteiger partial charge on any atom is -0.383 e. The number of nitriles is 1. The Labute approximate surface area is 151 Å². The molecule has 1 unspecified atom stereocenters. The Morgan fingerprint density at radius 2 is 1.84 bits per heavy atom. The first-order chi connectivity index (χ1) is 11.8. The molecule has 25 heavy (non-hydrogen) atoms. The molecule has 1 aliphatic carbocycles. The van der Waals surface area contributed by atoms with Gasteiger partial charge in [0.2, 0.25) is 0 Å². The van der Waals surface area contributed by atoms with E-state index in [2.05, 4.69) is 21.0 Å². The third-order valence-corrected chi connectivity index (χ3v) is 5.15. The number of nitrogens with two attached hydrogens (primary N) is 1. The smallest absolute Gasteiger partial charge is 0.383 e. The van der Waals surface area contributed by atoms with Gasteiger partial charge >= 0.3 is 6.18 Å². The summed E-state index contributed by atoms with van der Waals surface area (Å²) in [6.07, 6.45) is -1.97. The number of nitrogen functional groups attached to an aromatic ring is 1. The summed E-state index contributed by atoms with van der Waals surface area (Å²) in [7, 11) is 0. The molecule has 2 aromatic rings. The maximum absolute atomic E-state index is 13.7. The van der Waals surface area contributed by atoms with Crippen LogP contribution in [0.25, 0.3) is 11.3 Å². The Hall–Kier alpha value is -2.01. The fourth-order valence-electron chi connectivity index (χ4n) is 3.46. The first-order valence-electron chi connectivity index (χ1n) is 7.93. The second kappa shape index (κ2) is 6.71. The second-order valence-corrected chi connectivity index (χ2v) is 7.12.